The van der Waals surface area contributed by atoms with Crippen molar-refractivity contribution in [2.45, 2.75) is 52.1 Å². The van der Waals surface area contributed by atoms with Crippen LogP contribution in [0.25, 0.3) is 0 Å². The van der Waals surface area contributed by atoms with E-state index in [1.165, 1.54) is 0 Å². The first kappa shape index (κ1) is 20.7. The van der Waals surface area contributed by atoms with E-state index in [-0.39, 0.29) is 12.0 Å². The van der Waals surface area contributed by atoms with Crippen molar-refractivity contribution in [3.05, 3.63) is 29.8 Å². The lowest BCUT2D eigenvalue weighted by Crippen LogP contribution is -2.41. The molecule has 1 saturated heterocycles. The number of para-hydroxylation sites is 1. The smallest absolute Gasteiger partial charge is 0.410 e. The van der Waals surface area contributed by atoms with E-state index >= 15 is 0 Å². The van der Waals surface area contributed by atoms with E-state index in [1.807, 2.05) is 20.8 Å². The zero-order chi connectivity index (χ0) is 20.0. The van der Waals surface area contributed by atoms with Gasteiger partial charge in [-0.25, -0.2) is 4.79 Å². The molecule has 3 amide bonds. The summed E-state index contributed by atoms with van der Waals surface area (Å²) in [5.41, 5.74) is 5.57. The van der Waals surface area contributed by atoms with Gasteiger partial charge < -0.3 is 20.7 Å². The Hall–Kier alpha value is -2.57. The van der Waals surface area contributed by atoms with Gasteiger partial charge in [-0.1, -0.05) is 12.1 Å². The predicted molar refractivity (Wildman–Crippen MR) is 103 cm³/mol. The number of anilines is 1. The molecule has 1 heterocycles. The van der Waals surface area contributed by atoms with E-state index in [0.717, 1.165) is 19.3 Å². The standard InChI is InChI=1S/C20H29N3O4/c1-20(2,3)27-19(26)23-12-10-14(11-13-23)8-9-17(24)22-16-7-5-4-6-15(16)18(21)25/h4-7,14H,8-13H2,1-3H3,(H2,21,25)(H,22,24). The molecule has 1 aliphatic heterocycles. The number of amides is 3. The molecule has 0 aliphatic carbocycles. The third kappa shape index (κ3) is 6.58. The Morgan fingerprint density at radius 1 is 1.19 bits per heavy atom. The highest BCUT2D eigenvalue weighted by atomic mass is 16.6. The Morgan fingerprint density at radius 3 is 2.41 bits per heavy atom. The number of ether oxygens (including phenoxy) is 1. The third-order valence-electron chi connectivity index (χ3n) is 4.51. The first-order valence-corrected chi connectivity index (χ1v) is 9.32. The van der Waals surface area contributed by atoms with E-state index < -0.39 is 11.5 Å². The molecule has 1 aromatic carbocycles. The van der Waals surface area contributed by atoms with Crippen LogP contribution in [0.1, 0.15) is 56.8 Å². The van der Waals surface area contributed by atoms with E-state index in [9.17, 15) is 14.4 Å². The van der Waals surface area contributed by atoms with E-state index in [4.69, 9.17) is 10.5 Å². The highest BCUT2D eigenvalue weighted by molar-refractivity contribution is 6.02. The highest BCUT2D eigenvalue weighted by Crippen LogP contribution is 2.24. The Kier molecular flexibility index (Phi) is 6.82. The molecule has 7 nitrogen and oxygen atoms in total. The van der Waals surface area contributed by atoms with Gasteiger partial charge in [0.05, 0.1) is 11.3 Å². The molecule has 0 radical (unpaired) electrons. The van der Waals surface area contributed by atoms with Gasteiger partial charge in [0, 0.05) is 19.5 Å². The molecule has 148 valence electrons. The molecule has 3 N–H and O–H groups in total. The minimum atomic E-state index is -0.569. The van der Waals surface area contributed by atoms with Crippen LogP contribution in [0.2, 0.25) is 0 Å². The molecule has 0 aromatic heterocycles. The van der Waals surface area contributed by atoms with Crippen LogP contribution in [-0.4, -0.2) is 41.5 Å². The number of carbonyl (C=O) groups excluding carboxylic acids is 3. The van der Waals surface area contributed by atoms with Crippen molar-refractivity contribution in [1.29, 1.82) is 0 Å². The van der Waals surface area contributed by atoms with Gasteiger partial charge in [0.25, 0.3) is 5.91 Å². The largest absolute Gasteiger partial charge is 0.444 e. The number of benzene rings is 1. The SMILES string of the molecule is CC(C)(C)OC(=O)N1CCC(CCC(=O)Nc2ccccc2C(N)=O)CC1. The fourth-order valence-corrected chi connectivity index (χ4v) is 3.09. The van der Waals surface area contributed by atoms with Gasteiger partial charge in [0.15, 0.2) is 0 Å². The summed E-state index contributed by atoms with van der Waals surface area (Å²) in [6, 6.07) is 6.70. The number of nitrogens with zero attached hydrogens (tertiary/aromatic N) is 1. The number of nitrogens with one attached hydrogen (secondary N) is 1. The molecular weight excluding hydrogens is 346 g/mol. The van der Waals surface area contributed by atoms with Crippen LogP contribution in [0, 0.1) is 5.92 Å². The molecular formula is C20H29N3O4. The lowest BCUT2D eigenvalue weighted by atomic mass is 9.92. The van der Waals surface area contributed by atoms with Crippen molar-refractivity contribution in [3.63, 3.8) is 0 Å². The van der Waals surface area contributed by atoms with Crippen molar-refractivity contribution in [2.24, 2.45) is 11.7 Å². The van der Waals surface area contributed by atoms with Crippen LogP contribution >= 0.6 is 0 Å². The number of hydrogen-bond acceptors (Lipinski definition) is 4. The molecule has 0 spiro atoms. The monoisotopic (exact) mass is 375 g/mol. The van der Waals surface area contributed by atoms with Gasteiger partial charge in [-0.2, -0.15) is 0 Å². The van der Waals surface area contributed by atoms with E-state index in [0.29, 0.717) is 36.7 Å². The Labute approximate surface area is 160 Å². The second-order valence-corrected chi connectivity index (χ2v) is 7.91. The normalized spacial score (nSPS) is 15.3. The zero-order valence-electron chi connectivity index (χ0n) is 16.3. The van der Waals surface area contributed by atoms with Gasteiger partial charge in [-0.05, 0) is 58.1 Å². The summed E-state index contributed by atoms with van der Waals surface area (Å²) in [7, 11) is 0. The van der Waals surface area contributed by atoms with Gasteiger partial charge in [0.2, 0.25) is 5.91 Å². The molecule has 1 fully saturated rings. The molecule has 27 heavy (non-hydrogen) atoms. The maximum atomic E-state index is 12.2. The summed E-state index contributed by atoms with van der Waals surface area (Å²) in [4.78, 5) is 37.4. The number of likely N-dealkylation sites (tertiary alicyclic amines) is 1. The molecule has 2 rings (SSSR count). The van der Waals surface area contributed by atoms with Crippen molar-refractivity contribution >= 4 is 23.6 Å². The summed E-state index contributed by atoms with van der Waals surface area (Å²) in [5, 5.41) is 2.76. The van der Waals surface area contributed by atoms with Crippen molar-refractivity contribution < 1.29 is 19.1 Å². The number of carbonyl (C=O) groups is 3. The quantitative estimate of drug-likeness (QED) is 0.825. The minimum absolute atomic E-state index is 0.140. The summed E-state index contributed by atoms with van der Waals surface area (Å²) in [6.07, 6.45) is 2.54. The first-order chi connectivity index (χ1) is 12.7. The van der Waals surface area contributed by atoms with Gasteiger partial charge in [0.1, 0.15) is 5.60 Å². The first-order valence-electron chi connectivity index (χ1n) is 9.32. The van der Waals surface area contributed by atoms with Crippen LogP contribution in [0.15, 0.2) is 24.3 Å². The minimum Gasteiger partial charge on any atom is -0.444 e. The average Bonchev–Trinajstić information content (AvgIpc) is 2.59. The predicted octanol–water partition coefficient (Wildman–Crippen LogP) is 3.15. The molecule has 1 aliphatic rings. The van der Waals surface area contributed by atoms with Crippen LogP contribution < -0.4 is 11.1 Å². The van der Waals surface area contributed by atoms with Crippen molar-refractivity contribution in [3.8, 4) is 0 Å². The summed E-state index contributed by atoms with van der Waals surface area (Å²) in [6.45, 7) is 6.85. The number of hydrogen-bond donors (Lipinski definition) is 2. The summed E-state index contributed by atoms with van der Waals surface area (Å²) in [5.74, 6) is -0.320. The van der Waals surface area contributed by atoms with Gasteiger partial charge in [-0.15, -0.1) is 0 Å². The Morgan fingerprint density at radius 2 is 1.81 bits per heavy atom. The lowest BCUT2D eigenvalue weighted by molar-refractivity contribution is -0.116. The second-order valence-electron chi connectivity index (χ2n) is 7.91. The molecule has 0 saturated carbocycles. The van der Waals surface area contributed by atoms with Crippen LogP contribution in [0.5, 0.6) is 0 Å². The Balaban J connectivity index is 1.76. The second kappa shape index (κ2) is 8.88. The van der Waals surface area contributed by atoms with Crippen LogP contribution in [0.3, 0.4) is 0 Å². The number of primary amides is 1. The van der Waals surface area contributed by atoms with Gasteiger partial charge >= 0.3 is 6.09 Å². The number of nitrogens with two attached hydrogens (primary N) is 1. The highest BCUT2D eigenvalue weighted by Gasteiger charge is 2.27. The van der Waals surface area contributed by atoms with Crippen LogP contribution in [0.4, 0.5) is 10.5 Å². The molecule has 0 unspecified atom stereocenters. The molecule has 0 bridgehead atoms. The maximum absolute atomic E-state index is 12.2. The average molecular weight is 375 g/mol. The summed E-state index contributed by atoms with van der Waals surface area (Å²) >= 11 is 0. The lowest BCUT2D eigenvalue weighted by Gasteiger charge is -2.33. The molecule has 1 aromatic rings. The number of piperidine rings is 1. The zero-order valence-corrected chi connectivity index (χ0v) is 16.3. The fraction of sp³-hybridized carbons (Fsp3) is 0.550. The van der Waals surface area contributed by atoms with Crippen LogP contribution in [-0.2, 0) is 9.53 Å². The Bertz CT molecular complexity index is 689. The van der Waals surface area contributed by atoms with E-state index in [2.05, 4.69) is 5.32 Å². The number of rotatable bonds is 5. The van der Waals surface area contributed by atoms with Crippen molar-refractivity contribution in [1.82, 2.24) is 4.90 Å². The third-order valence-corrected chi connectivity index (χ3v) is 4.51. The molecule has 7 heteroatoms. The van der Waals surface area contributed by atoms with Gasteiger partial charge in [-0.3, -0.25) is 9.59 Å². The molecule has 0 atom stereocenters. The summed E-state index contributed by atoms with van der Waals surface area (Å²) < 4.78 is 5.39. The fourth-order valence-electron chi connectivity index (χ4n) is 3.09. The maximum Gasteiger partial charge on any atom is 0.410 e. The van der Waals surface area contributed by atoms with E-state index in [1.54, 1.807) is 29.2 Å². The topological polar surface area (TPSA) is 102 Å². The van der Waals surface area contributed by atoms with Crippen molar-refractivity contribution in [2.75, 3.05) is 18.4 Å².